The van der Waals surface area contributed by atoms with Crippen molar-refractivity contribution in [3.8, 4) is 0 Å². The lowest BCUT2D eigenvalue weighted by Gasteiger charge is -2.20. The Morgan fingerprint density at radius 1 is 1.41 bits per heavy atom. The molecule has 1 aliphatic rings. The molecule has 0 fully saturated rings. The van der Waals surface area contributed by atoms with Gasteiger partial charge in [-0.25, -0.2) is 4.79 Å². The topological polar surface area (TPSA) is 69.6 Å². The Hall–Kier alpha value is -2.04. The summed E-state index contributed by atoms with van der Waals surface area (Å²) in [5.41, 5.74) is 1.68. The summed E-state index contributed by atoms with van der Waals surface area (Å²) in [4.78, 5) is 24.1. The molecule has 0 unspecified atom stereocenters. The molecule has 0 atom stereocenters. The SMILES string of the molecule is CC(=O)N1CCCNc2cc(C(=O)O)ccc21. The van der Waals surface area contributed by atoms with Crippen LogP contribution >= 0.6 is 0 Å². The van der Waals surface area contributed by atoms with Gasteiger partial charge in [0.2, 0.25) is 5.91 Å². The maximum atomic E-state index is 11.5. The molecule has 0 aromatic heterocycles. The van der Waals surface area contributed by atoms with Crippen molar-refractivity contribution in [3.05, 3.63) is 23.8 Å². The van der Waals surface area contributed by atoms with Gasteiger partial charge < -0.3 is 15.3 Å². The fourth-order valence-corrected chi connectivity index (χ4v) is 1.95. The number of rotatable bonds is 1. The first-order chi connectivity index (χ1) is 8.09. The van der Waals surface area contributed by atoms with E-state index in [-0.39, 0.29) is 11.5 Å². The number of nitrogens with zero attached hydrogens (tertiary/aromatic N) is 1. The van der Waals surface area contributed by atoms with Crippen LogP contribution in [0.4, 0.5) is 11.4 Å². The highest BCUT2D eigenvalue weighted by molar-refractivity contribution is 5.97. The third-order valence-corrected chi connectivity index (χ3v) is 2.79. The molecule has 1 aromatic carbocycles. The first-order valence-electron chi connectivity index (χ1n) is 5.49. The predicted octanol–water partition coefficient (Wildman–Crippen LogP) is 1.55. The van der Waals surface area contributed by atoms with Crippen LogP contribution in [0.25, 0.3) is 0 Å². The Morgan fingerprint density at radius 3 is 2.82 bits per heavy atom. The summed E-state index contributed by atoms with van der Waals surface area (Å²) in [6.45, 7) is 2.90. The van der Waals surface area contributed by atoms with Crippen LogP contribution in [0.2, 0.25) is 0 Å². The predicted molar refractivity (Wildman–Crippen MR) is 64.5 cm³/mol. The monoisotopic (exact) mass is 234 g/mol. The van der Waals surface area contributed by atoms with Crippen LogP contribution in [-0.4, -0.2) is 30.1 Å². The van der Waals surface area contributed by atoms with Crippen molar-refractivity contribution >= 4 is 23.3 Å². The lowest BCUT2D eigenvalue weighted by Crippen LogP contribution is -2.28. The molecule has 0 bridgehead atoms. The first kappa shape index (κ1) is 11.4. The number of nitrogens with one attached hydrogen (secondary N) is 1. The molecule has 0 aliphatic carbocycles. The summed E-state index contributed by atoms with van der Waals surface area (Å²) < 4.78 is 0. The minimum atomic E-state index is -0.965. The molecule has 1 heterocycles. The standard InChI is InChI=1S/C12H14N2O3/c1-8(15)14-6-2-5-13-10-7-9(12(16)17)3-4-11(10)14/h3-4,7,13H,2,5-6H2,1H3,(H,16,17). The molecular formula is C12H14N2O3. The molecule has 17 heavy (non-hydrogen) atoms. The summed E-state index contributed by atoms with van der Waals surface area (Å²) >= 11 is 0. The number of carboxylic acids is 1. The number of aromatic carboxylic acids is 1. The van der Waals surface area contributed by atoms with Gasteiger partial charge in [-0.05, 0) is 24.6 Å². The van der Waals surface area contributed by atoms with Crippen LogP contribution in [0, 0.1) is 0 Å². The van der Waals surface area contributed by atoms with E-state index in [4.69, 9.17) is 5.11 Å². The Labute approximate surface area is 99.0 Å². The smallest absolute Gasteiger partial charge is 0.335 e. The number of benzene rings is 1. The van der Waals surface area contributed by atoms with E-state index in [1.54, 1.807) is 17.0 Å². The van der Waals surface area contributed by atoms with Gasteiger partial charge in [-0.15, -0.1) is 0 Å². The number of anilines is 2. The average molecular weight is 234 g/mol. The van der Waals surface area contributed by atoms with Gasteiger partial charge in [-0.2, -0.15) is 0 Å². The van der Waals surface area contributed by atoms with E-state index in [0.29, 0.717) is 12.2 Å². The van der Waals surface area contributed by atoms with Gasteiger partial charge in [0.15, 0.2) is 0 Å². The fraction of sp³-hybridized carbons (Fsp3) is 0.333. The molecule has 0 radical (unpaired) electrons. The Bertz CT molecular complexity index is 471. The van der Waals surface area contributed by atoms with Gasteiger partial charge in [0.05, 0.1) is 16.9 Å². The largest absolute Gasteiger partial charge is 0.478 e. The molecule has 0 saturated carbocycles. The third kappa shape index (κ3) is 2.22. The van der Waals surface area contributed by atoms with Crippen LogP contribution in [0.1, 0.15) is 23.7 Å². The number of carbonyl (C=O) groups excluding carboxylic acids is 1. The zero-order chi connectivity index (χ0) is 12.4. The molecule has 1 amide bonds. The first-order valence-corrected chi connectivity index (χ1v) is 5.49. The Morgan fingerprint density at radius 2 is 2.18 bits per heavy atom. The highest BCUT2D eigenvalue weighted by atomic mass is 16.4. The van der Waals surface area contributed by atoms with Gasteiger partial charge in [-0.1, -0.05) is 0 Å². The van der Waals surface area contributed by atoms with E-state index in [2.05, 4.69) is 5.32 Å². The Balaban J connectivity index is 2.46. The lowest BCUT2D eigenvalue weighted by atomic mass is 10.1. The molecule has 5 heteroatoms. The second-order valence-corrected chi connectivity index (χ2v) is 3.99. The maximum absolute atomic E-state index is 11.5. The van der Waals surface area contributed by atoms with Crippen molar-refractivity contribution in [1.82, 2.24) is 0 Å². The van der Waals surface area contributed by atoms with E-state index >= 15 is 0 Å². The minimum Gasteiger partial charge on any atom is -0.478 e. The van der Waals surface area contributed by atoms with Gasteiger partial charge in [0.25, 0.3) is 0 Å². The van der Waals surface area contributed by atoms with Gasteiger partial charge in [0.1, 0.15) is 0 Å². The summed E-state index contributed by atoms with van der Waals surface area (Å²) in [7, 11) is 0. The highest BCUT2D eigenvalue weighted by Gasteiger charge is 2.19. The summed E-state index contributed by atoms with van der Waals surface area (Å²) in [6.07, 6.45) is 0.844. The van der Waals surface area contributed by atoms with Crippen molar-refractivity contribution in [1.29, 1.82) is 0 Å². The van der Waals surface area contributed by atoms with Gasteiger partial charge in [-0.3, -0.25) is 4.79 Å². The number of hydrogen-bond acceptors (Lipinski definition) is 3. The quantitative estimate of drug-likeness (QED) is 0.773. The van der Waals surface area contributed by atoms with E-state index < -0.39 is 5.97 Å². The highest BCUT2D eigenvalue weighted by Crippen LogP contribution is 2.29. The minimum absolute atomic E-state index is 0.0296. The molecule has 1 aromatic rings. The van der Waals surface area contributed by atoms with E-state index in [0.717, 1.165) is 18.7 Å². The molecular weight excluding hydrogens is 220 g/mol. The summed E-state index contributed by atoms with van der Waals surface area (Å²) in [5, 5.41) is 12.1. The second kappa shape index (κ2) is 4.45. The number of carboxylic acid groups (broad SMARTS) is 1. The van der Waals surface area contributed by atoms with E-state index in [9.17, 15) is 9.59 Å². The van der Waals surface area contributed by atoms with E-state index in [1.165, 1.54) is 13.0 Å². The van der Waals surface area contributed by atoms with Gasteiger partial charge in [0, 0.05) is 20.0 Å². The van der Waals surface area contributed by atoms with Crippen molar-refractivity contribution < 1.29 is 14.7 Å². The van der Waals surface area contributed by atoms with Crippen LogP contribution < -0.4 is 10.2 Å². The maximum Gasteiger partial charge on any atom is 0.335 e. The van der Waals surface area contributed by atoms with Gasteiger partial charge >= 0.3 is 5.97 Å². The number of carbonyl (C=O) groups is 2. The molecule has 2 N–H and O–H groups in total. The average Bonchev–Trinajstić information content (AvgIpc) is 2.49. The molecule has 0 spiro atoms. The molecule has 2 rings (SSSR count). The zero-order valence-corrected chi connectivity index (χ0v) is 9.56. The summed E-state index contributed by atoms with van der Waals surface area (Å²) in [6, 6.07) is 4.77. The summed E-state index contributed by atoms with van der Waals surface area (Å²) in [5.74, 6) is -0.994. The molecule has 0 saturated heterocycles. The van der Waals surface area contributed by atoms with E-state index in [1.807, 2.05) is 0 Å². The number of fused-ring (bicyclic) bond motifs is 1. The number of amides is 1. The lowest BCUT2D eigenvalue weighted by molar-refractivity contribution is -0.116. The molecule has 5 nitrogen and oxygen atoms in total. The van der Waals surface area contributed by atoms with Crippen LogP contribution in [-0.2, 0) is 4.79 Å². The second-order valence-electron chi connectivity index (χ2n) is 3.99. The van der Waals surface area contributed by atoms with Crippen LogP contribution in [0.5, 0.6) is 0 Å². The fourth-order valence-electron chi connectivity index (χ4n) is 1.95. The van der Waals surface area contributed by atoms with Crippen LogP contribution in [0.15, 0.2) is 18.2 Å². The van der Waals surface area contributed by atoms with Crippen molar-refractivity contribution in [2.75, 3.05) is 23.3 Å². The molecule has 1 aliphatic heterocycles. The van der Waals surface area contributed by atoms with Crippen molar-refractivity contribution in [2.24, 2.45) is 0 Å². The number of hydrogen-bond donors (Lipinski definition) is 2. The molecule has 90 valence electrons. The van der Waals surface area contributed by atoms with Crippen molar-refractivity contribution in [2.45, 2.75) is 13.3 Å². The third-order valence-electron chi connectivity index (χ3n) is 2.79. The normalized spacial score (nSPS) is 14.5. The zero-order valence-electron chi connectivity index (χ0n) is 9.56. The Kier molecular flexibility index (Phi) is 2.99. The van der Waals surface area contributed by atoms with Crippen LogP contribution in [0.3, 0.4) is 0 Å². The van der Waals surface area contributed by atoms with Crippen molar-refractivity contribution in [3.63, 3.8) is 0 Å².